The van der Waals surface area contributed by atoms with E-state index in [0.717, 1.165) is 24.4 Å². The van der Waals surface area contributed by atoms with Crippen molar-refractivity contribution in [2.45, 2.75) is 19.4 Å². The number of hydrogen-bond donors (Lipinski definition) is 2. The van der Waals surface area contributed by atoms with E-state index in [1.165, 1.54) is 6.07 Å². The van der Waals surface area contributed by atoms with E-state index < -0.39 is 0 Å². The zero-order valence-corrected chi connectivity index (χ0v) is 10.7. The van der Waals surface area contributed by atoms with Crippen molar-refractivity contribution in [3.63, 3.8) is 0 Å². The maximum atomic E-state index is 10.7. The molecule has 0 saturated carbocycles. The lowest BCUT2D eigenvalue weighted by molar-refractivity contribution is -0.384. The number of nitrogens with one attached hydrogen (secondary N) is 2. The molecule has 0 aliphatic carbocycles. The first-order valence-corrected chi connectivity index (χ1v) is 6.13. The number of benzene rings is 1. The van der Waals surface area contributed by atoms with Crippen LogP contribution in [-0.4, -0.2) is 21.4 Å². The fourth-order valence-electron chi connectivity index (χ4n) is 1.87. The van der Waals surface area contributed by atoms with E-state index >= 15 is 0 Å². The molecule has 2 rings (SSSR count). The third-order valence-electron chi connectivity index (χ3n) is 2.95. The molecule has 1 atom stereocenters. The second-order valence-corrected chi connectivity index (χ2v) is 4.31. The van der Waals surface area contributed by atoms with Gasteiger partial charge in [0.15, 0.2) is 0 Å². The summed E-state index contributed by atoms with van der Waals surface area (Å²) >= 11 is 0. The minimum Gasteiger partial charge on any atom is -0.349 e. The van der Waals surface area contributed by atoms with Crippen molar-refractivity contribution in [3.05, 3.63) is 58.2 Å². The summed E-state index contributed by atoms with van der Waals surface area (Å²) in [7, 11) is 0. The highest BCUT2D eigenvalue weighted by atomic mass is 16.6. The average Bonchev–Trinajstić information content (AvgIpc) is 2.92. The molecule has 0 saturated heterocycles. The number of nitro groups is 1. The molecule has 1 heterocycles. The van der Waals surface area contributed by atoms with Gasteiger partial charge in [0, 0.05) is 43.5 Å². The summed E-state index contributed by atoms with van der Waals surface area (Å²) in [5.41, 5.74) is 1.03. The molecule has 1 unspecified atom stereocenters. The highest BCUT2D eigenvalue weighted by Gasteiger charge is 2.10. The van der Waals surface area contributed by atoms with Crippen LogP contribution in [0.25, 0.3) is 0 Å². The second-order valence-electron chi connectivity index (χ2n) is 4.31. The molecule has 2 aromatic rings. The van der Waals surface area contributed by atoms with Crippen LogP contribution in [0.15, 0.2) is 36.7 Å². The molecular weight excluding hydrogens is 244 g/mol. The molecular formula is C13H16N4O2. The number of nitrogens with zero attached hydrogens (tertiary/aromatic N) is 2. The predicted molar refractivity (Wildman–Crippen MR) is 71.8 cm³/mol. The van der Waals surface area contributed by atoms with Gasteiger partial charge in [0.05, 0.1) is 4.92 Å². The van der Waals surface area contributed by atoms with Gasteiger partial charge in [0.2, 0.25) is 0 Å². The van der Waals surface area contributed by atoms with E-state index in [9.17, 15) is 10.1 Å². The molecule has 0 fully saturated rings. The van der Waals surface area contributed by atoms with Crippen LogP contribution < -0.4 is 5.32 Å². The molecule has 0 aliphatic rings. The van der Waals surface area contributed by atoms with E-state index in [1.807, 2.05) is 13.0 Å². The van der Waals surface area contributed by atoms with Gasteiger partial charge >= 0.3 is 0 Å². The molecule has 6 heteroatoms. The van der Waals surface area contributed by atoms with Gasteiger partial charge in [-0.15, -0.1) is 0 Å². The topological polar surface area (TPSA) is 83.8 Å². The van der Waals surface area contributed by atoms with Crippen LogP contribution in [0, 0.1) is 10.1 Å². The summed E-state index contributed by atoms with van der Waals surface area (Å²) < 4.78 is 0. The standard InChI is InChI=1S/C13H16N4O2/c1-10(14-6-5-13-15-7-8-16-13)11-3-2-4-12(9-11)17(18)19/h2-4,7-10,14H,5-6H2,1H3,(H,15,16). The zero-order chi connectivity index (χ0) is 13.7. The van der Waals surface area contributed by atoms with Crippen LogP contribution in [0.4, 0.5) is 5.69 Å². The minimum atomic E-state index is -0.376. The molecule has 100 valence electrons. The maximum Gasteiger partial charge on any atom is 0.269 e. The molecule has 19 heavy (non-hydrogen) atoms. The Hall–Kier alpha value is -2.21. The molecule has 1 aromatic heterocycles. The Balaban J connectivity index is 1.90. The fourth-order valence-corrected chi connectivity index (χ4v) is 1.87. The number of aromatic nitrogens is 2. The molecule has 0 bridgehead atoms. The molecule has 2 N–H and O–H groups in total. The zero-order valence-electron chi connectivity index (χ0n) is 10.7. The molecule has 0 amide bonds. The quantitative estimate of drug-likeness (QED) is 0.616. The van der Waals surface area contributed by atoms with Crippen molar-refractivity contribution in [1.82, 2.24) is 15.3 Å². The minimum absolute atomic E-state index is 0.0647. The van der Waals surface area contributed by atoms with E-state index in [1.54, 1.807) is 24.5 Å². The van der Waals surface area contributed by atoms with Crippen molar-refractivity contribution in [3.8, 4) is 0 Å². The summed E-state index contributed by atoms with van der Waals surface area (Å²) in [4.78, 5) is 17.5. The van der Waals surface area contributed by atoms with Crippen LogP contribution >= 0.6 is 0 Å². The Kier molecular flexibility index (Phi) is 4.25. The average molecular weight is 260 g/mol. The van der Waals surface area contributed by atoms with E-state index in [4.69, 9.17) is 0 Å². The van der Waals surface area contributed by atoms with Crippen LogP contribution in [-0.2, 0) is 6.42 Å². The summed E-state index contributed by atoms with van der Waals surface area (Å²) in [6, 6.07) is 6.76. The van der Waals surface area contributed by atoms with E-state index in [2.05, 4.69) is 15.3 Å². The third kappa shape index (κ3) is 3.62. The monoisotopic (exact) mass is 260 g/mol. The van der Waals surface area contributed by atoms with E-state index in [-0.39, 0.29) is 16.7 Å². The summed E-state index contributed by atoms with van der Waals surface area (Å²) in [6.45, 7) is 2.75. The number of nitro benzene ring substituents is 1. The number of H-pyrrole nitrogens is 1. The Morgan fingerprint density at radius 3 is 3.05 bits per heavy atom. The van der Waals surface area contributed by atoms with Crippen molar-refractivity contribution in [1.29, 1.82) is 0 Å². The Labute approximate surface area is 111 Å². The SMILES string of the molecule is CC(NCCc1ncc[nH]1)c1cccc([N+](=O)[O-])c1. The first-order valence-electron chi connectivity index (χ1n) is 6.13. The van der Waals surface area contributed by atoms with E-state index in [0.29, 0.717) is 0 Å². The first-order chi connectivity index (χ1) is 9.16. The van der Waals surface area contributed by atoms with Crippen molar-refractivity contribution in [2.24, 2.45) is 0 Å². The fraction of sp³-hybridized carbons (Fsp3) is 0.308. The van der Waals surface area contributed by atoms with Gasteiger partial charge in [-0.1, -0.05) is 12.1 Å². The summed E-state index contributed by atoms with van der Waals surface area (Å²) in [5.74, 6) is 0.929. The number of imidazole rings is 1. The lowest BCUT2D eigenvalue weighted by atomic mass is 10.1. The number of non-ortho nitro benzene ring substituents is 1. The van der Waals surface area contributed by atoms with Crippen LogP contribution in [0.5, 0.6) is 0 Å². The van der Waals surface area contributed by atoms with Gasteiger partial charge in [-0.3, -0.25) is 10.1 Å². The van der Waals surface area contributed by atoms with Crippen molar-refractivity contribution >= 4 is 5.69 Å². The first kappa shape index (κ1) is 13.2. The second kappa shape index (κ2) is 6.10. The van der Waals surface area contributed by atoms with Gasteiger partial charge in [-0.25, -0.2) is 4.98 Å². The number of aromatic amines is 1. The summed E-state index contributed by atoms with van der Waals surface area (Å²) in [5, 5.41) is 14.0. The van der Waals surface area contributed by atoms with Gasteiger partial charge in [0.25, 0.3) is 5.69 Å². The normalized spacial score (nSPS) is 12.3. The van der Waals surface area contributed by atoms with Gasteiger partial charge in [0.1, 0.15) is 5.82 Å². The molecule has 0 aliphatic heterocycles. The van der Waals surface area contributed by atoms with Crippen molar-refractivity contribution in [2.75, 3.05) is 6.54 Å². The molecule has 0 spiro atoms. The lowest BCUT2D eigenvalue weighted by Gasteiger charge is -2.13. The van der Waals surface area contributed by atoms with Crippen LogP contribution in [0.1, 0.15) is 24.4 Å². The van der Waals surface area contributed by atoms with Gasteiger partial charge < -0.3 is 10.3 Å². The van der Waals surface area contributed by atoms with Crippen LogP contribution in [0.3, 0.4) is 0 Å². The predicted octanol–water partition coefficient (Wildman–Crippen LogP) is 2.21. The smallest absolute Gasteiger partial charge is 0.269 e. The molecule has 1 aromatic carbocycles. The Morgan fingerprint density at radius 2 is 2.37 bits per heavy atom. The lowest BCUT2D eigenvalue weighted by Crippen LogP contribution is -2.21. The van der Waals surface area contributed by atoms with Crippen molar-refractivity contribution < 1.29 is 4.92 Å². The highest BCUT2D eigenvalue weighted by molar-refractivity contribution is 5.35. The number of hydrogen-bond acceptors (Lipinski definition) is 4. The van der Waals surface area contributed by atoms with Crippen LogP contribution in [0.2, 0.25) is 0 Å². The highest BCUT2D eigenvalue weighted by Crippen LogP contribution is 2.18. The third-order valence-corrected chi connectivity index (χ3v) is 2.95. The Bertz CT molecular complexity index is 539. The molecule has 0 radical (unpaired) electrons. The van der Waals surface area contributed by atoms with Gasteiger partial charge in [-0.05, 0) is 12.5 Å². The molecule has 6 nitrogen and oxygen atoms in total. The Morgan fingerprint density at radius 1 is 1.53 bits per heavy atom. The largest absolute Gasteiger partial charge is 0.349 e. The maximum absolute atomic E-state index is 10.7. The summed E-state index contributed by atoms with van der Waals surface area (Å²) in [6.07, 6.45) is 4.31. The van der Waals surface area contributed by atoms with Gasteiger partial charge in [-0.2, -0.15) is 0 Å². The number of rotatable bonds is 6.